The lowest BCUT2D eigenvalue weighted by Crippen LogP contribution is -2.37. The third kappa shape index (κ3) is 4.17. The summed E-state index contributed by atoms with van der Waals surface area (Å²) >= 11 is 0. The van der Waals surface area contributed by atoms with E-state index in [1.165, 1.54) is 0 Å². The van der Waals surface area contributed by atoms with Crippen molar-refractivity contribution in [3.8, 4) is 0 Å². The summed E-state index contributed by atoms with van der Waals surface area (Å²) in [5.41, 5.74) is 0.690. The number of esters is 1. The van der Waals surface area contributed by atoms with E-state index < -0.39 is 25.0 Å². The van der Waals surface area contributed by atoms with Crippen molar-refractivity contribution in [1.82, 2.24) is 10.1 Å². The minimum Gasteiger partial charge on any atom is -0.454 e. The molecule has 1 aliphatic carbocycles. The van der Waals surface area contributed by atoms with Gasteiger partial charge in [0.25, 0.3) is 5.91 Å². The molecule has 3 rings (SSSR count). The summed E-state index contributed by atoms with van der Waals surface area (Å²) in [6, 6.07) is 1.59. The van der Waals surface area contributed by atoms with E-state index in [0.717, 1.165) is 17.7 Å². The van der Waals surface area contributed by atoms with Crippen LogP contribution in [-0.4, -0.2) is 46.9 Å². The highest BCUT2D eigenvalue weighted by atomic mass is 16.5. The topological polar surface area (TPSA) is 119 Å². The molecule has 2 atom stereocenters. The molecule has 0 unspecified atom stereocenters. The van der Waals surface area contributed by atoms with Gasteiger partial charge < -0.3 is 9.26 Å². The molecule has 27 heavy (non-hydrogen) atoms. The van der Waals surface area contributed by atoms with E-state index >= 15 is 0 Å². The Bertz CT molecular complexity index is 732. The van der Waals surface area contributed by atoms with Crippen molar-refractivity contribution in [2.24, 2.45) is 11.8 Å². The lowest BCUT2D eigenvalue weighted by atomic mass is 9.81. The van der Waals surface area contributed by atoms with Crippen LogP contribution in [0.5, 0.6) is 0 Å². The van der Waals surface area contributed by atoms with Crippen LogP contribution in [0.2, 0.25) is 0 Å². The minimum atomic E-state index is -0.800. The molecule has 3 amide bonds. The predicted molar refractivity (Wildman–Crippen MR) is 92.3 cm³/mol. The second-order valence-electron chi connectivity index (χ2n) is 7.24. The lowest BCUT2D eigenvalue weighted by molar-refractivity contribution is -0.154. The quantitative estimate of drug-likeness (QED) is 0.589. The zero-order valence-electron chi connectivity index (χ0n) is 15.4. The van der Waals surface area contributed by atoms with Crippen molar-refractivity contribution in [2.75, 3.05) is 18.5 Å². The molecule has 146 valence electrons. The average molecular weight is 377 g/mol. The molecule has 2 fully saturated rings. The van der Waals surface area contributed by atoms with Crippen LogP contribution in [0.3, 0.4) is 0 Å². The van der Waals surface area contributed by atoms with Gasteiger partial charge in [-0.1, -0.05) is 31.8 Å². The summed E-state index contributed by atoms with van der Waals surface area (Å²) in [6.45, 7) is 2.86. The van der Waals surface area contributed by atoms with Gasteiger partial charge in [-0.3, -0.25) is 29.4 Å². The Morgan fingerprint density at radius 2 is 1.89 bits per heavy atom. The first-order valence-electron chi connectivity index (χ1n) is 9.14. The molecule has 1 aliphatic heterocycles. The smallest absolute Gasteiger partial charge is 0.326 e. The summed E-state index contributed by atoms with van der Waals surface area (Å²) in [6.07, 6.45) is 3.19. The fraction of sp³-hybridized carbons (Fsp3) is 0.611. The second kappa shape index (κ2) is 7.89. The van der Waals surface area contributed by atoms with Gasteiger partial charge in [-0.25, -0.2) is 0 Å². The van der Waals surface area contributed by atoms with Crippen molar-refractivity contribution >= 4 is 29.6 Å². The van der Waals surface area contributed by atoms with Crippen LogP contribution in [0.1, 0.15) is 51.1 Å². The van der Waals surface area contributed by atoms with Gasteiger partial charge in [0.2, 0.25) is 17.7 Å². The molecule has 1 aromatic heterocycles. The second-order valence-corrected chi connectivity index (χ2v) is 7.24. The van der Waals surface area contributed by atoms with Crippen LogP contribution < -0.4 is 5.32 Å². The number of nitrogens with zero attached hydrogens (tertiary/aromatic N) is 2. The monoisotopic (exact) mass is 377 g/mol. The van der Waals surface area contributed by atoms with Gasteiger partial charge in [0, 0.05) is 6.07 Å². The lowest BCUT2D eigenvalue weighted by Gasteiger charge is -2.19. The summed E-state index contributed by atoms with van der Waals surface area (Å²) in [5.74, 6) is -2.34. The molecule has 1 saturated heterocycles. The molecule has 2 heterocycles. The van der Waals surface area contributed by atoms with E-state index in [4.69, 9.17) is 9.26 Å². The van der Waals surface area contributed by atoms with Crippen molar-refractivity contribution in [3.63, 3.8) is 0 Å². The molecule has 0 radical (unpaired) electrons. The highest BCUT2D eigenvalue weighted by Crippen LogP contribution is 2.37. The largest absolute Gasteiger partial charge is 0.454 e. The fourth-order valence-corrected chi connectivity index (χ4v) is 3.50. The van der Waals surface area contributed by atoms with E-state index in [1.54, 1.807) is 6.07 Å². The number of carbonyl (C=O) groups excluding carboxylic acids is 4. The maximum Gasteiger partial charge on any atom is 0.326 e. The number of likely N-dealkylation sites (tertiary alicyclic amines) is 1. The first-order valence-corrected chi connectivity index (χ1v) is 9.14. The molecule has 2 aliphatic rings. The van der Waals surface area contributed by atoms with Gasteiger partial charge in [-0.15, -0.1) is 0 Å². The molecule has 1 aromatic rings. The average Bonchev–Trinajstić information content (AvgIpc) is 3.20. The van der Waals surface area contributed by atoms with E-state index in [9.17, 15) is 19.2 Å². The first kappa shape index (κ1) is 19.1. The summed E-state index contributed by atoms with van der Waals surface area (Å²) in [5, 5.41) is 6.24. The molecule has 1 saturated carbocycles. The standard InChI is InChI=1S/C18H23N3O6/c1-10(2)13-7-15(27-20-13)19-14(22)9-26-16(23)8-21-17(24)11-5-3-4-6-12(11)18(21)25/h7,10-12H,3-6,8-9H2,1-2H3,(H,19,22)/t11-,12+. The van der Waals surface area contributed by atoms with Gasteiger partial charge in [0.15, 0.2) is 6.61 Å². The molecule has 0 aromatic carbocycles. The van der Waals surface area contributed by atoms with Crippen LogP contribution >= 0.6 is 0 Å². The van der Waals surface area contributed by atoms with Gasteiger partial charge in [-0.05, 0) is 18.8 Å². The molecular weight excluding hydrogens is 354 g/mol. The number of carbonyl (C=O) groups is 4. The number of aromatic nitrogens is 1. The van der Waals surface area contributed by atoms with E-state index in [1.807, 2.05) is 13.8 Å². The highest BCUT2D eigenvalue weighted by molar-refractivity contribution is 6.07. The van der Waals surface area contributed by atoms with Crippen LogP contribution in [0, 0.1) is 11.8 Å². The molecule has 0 spiro atoms. The van der Waals surface area contributed by atoms with Crippen molar-refractivity contribution in [3.05, 3.63) is 11.8 Å². The zero-order chi connectivity index (χ0) is 19.6. The maximum atomic E-state index is 12.3. The number of fused-ring (bicyclic) bond motifs is 1. The number of rotatable bonds is 6. The Morgan fingerprint density at radius 3 is 2.44 bits per heavy atom. The van der Waals surface area contributed by atoms with Gasteiger partial charge in [0.05, 0.1) is 17.5 Å². The SMILES string of the molecule is CC(C)c1cc(NC(=O)COC(=O)CN2C(=O)[C@H]3CCCC[C@H]3C2=O)on1. The molecule has 0 bridgehead atoms. The van der Waals surface area contributed by atoms with Crippen LogP contribution in [0.15, 0.2) is 10.6 Å². The molecule has 1 N–H and O–H groups in total. The number of hydrogen-bond acceptors (Lipinski definition) is 7. The number of imide groups is 1. The van der Waals surface area contributed by atoms with E-state index in [-0.39, 0.29) is 35.5 Å². The minimum absolute atomic E-state index is 0.149. The maximum absolute atomic E-state index is 12.3. The predicted octanol–water partition coefficient (Wildman–Crippen LogP) is 1.45. The molecular formula is C18H23N3O6. The number of amides is 3. The summed E-state index contributed by atoms with van der Waals surface area (Å²) in [7, 11) is 0. The highest BCUT2D eigenvalue weighted by Gasteiger charge is 2.48. The van der Waals surface area contributed by atoms with Crippen molar-refractivity contribution in [2.45, 2.75) is 45.4 Å². The number of nitrogens with one attached hydrogen (secondary N) is 1. The Morgan fingerprint density at radius 1 is 1.26 bits per heavy atom. The molecule has 9 heteroatoms. The third-order valence-corrected chi connectivity index (χ3v) is 4.97. The number of ether oxygens (including phenoxy) is 1. The van der Waals surface area contributed by atoms with Crippen molar-refractivity contribution < 1.29 is 28.4 Å². The Balaban J connectivity index is 1.47. The van der Waals surface area contributed by atoms with Crippen LogP contribution in [0.4, 0.5) is 5.88 Å². The first-order chi connectivity index (χ1) is 12.9. The summed E-state index contributed by atoms with van der Waals surface area (Å²) < 4.78 is 9.86. The fourth-order valence-electron chi connectivity index (χ4n) is 3.50. The Hall–Kier alpha value is -2.71. The number of hydrogen-bond donors (Lipinski definition) is 1. The van der Waals surface area contributed by atoms with Crippen LogP contribution in [-0.2, 0) is 23.9 Å². The Labute approximate surface area is 156 Å². The van der Waals surface area contributed by atoms with E-state index in [2.05, 4.69) is 10.5 Å². The van der Waals surface area contributed by atoms with Gasteiger partial charge >= 0.3 is 5.97 Å². The zero-order valence-corrected chi connectivity index (χ0v) is 15.4. The molecule has 9 nitrogen and oxygen atoms in total. The summed E-state index contributed by atoms with van der Waals surface area (Å²) in [4.78, 5) is 49.4. The normalized spacial score (nSPS) is 22.1. The Kier molecular flexibility index (Phi) is 5.57. The van der Waals surface area contributed by atoms with Gasteiger partial charge in [0.1, 0.15) is 6.54 Å². The van der Waals surface area contributed by atoms with Crippen LogP contribution in [0.25, 0.3) is 0 Å². The van der Waals surface area contributed by atoms with Crippen molar-refractivity contribution in [1.29, 1.82) is 0 Å². The third-order valence-electron chi connectivity index (χ3n) is 4.97. The number of anilines is 1. The van der Waals surface area contributed by atoms with Gasteiger partial charge in [-0.2, -0.15) is 0 Å². The van der Waals surface area contributed by atoms with E-state index in [0.29, 0.717) is 18.5 Å².